The van der Waals surface area contributed by atoms with Crippen molar-refractivity contribution in [1.29, 1.82) is 0 Å². The van der Waals surface area contributed by atoms with Gasteiger partial charge in [-0.05, 0) is 37.1 Å². The van der Waals surface area contributed by atoms with E-state index in [9.17, 15) is 14.3 Å². The van der Waals surface area contributed by atoms with Gasteiger partial charge in [0.1, 0.15) is 5.82 Å². The molecule has 2 aromatic rings. The molecule has 1 amide bonds. The fraction of sp³-hybridized carbons (Fsp3) is 0.278. The number of nitrogens with one attached hydrogen (secondary N) is 1. The van der Waals surface area contributed by atoms with Crippen molar-refractivity contribution in [2.45, 2.75) is 32.4 Å². The molecular formula is C18H19ClFNO2. The first kappa shape index (κ1) is 17.4. The molecule has 0 heterocycles. The Hall–Kier alpha value is -1.91. The zero-order valence-electron chi connectivity index (χ0n) is 13.0. The van der Waals surface area contributed by atoms with Gasteiger partial charge in [0.25, 0.3) is 5.91 Å². The molecule has 2 unspecified atom stereocenters. The van der Waals surface area contributed by atoms with E-state index >= 15 is 0 Å². The number of aliphatic hydroxyl groups is 1. The Balaban J connectivity index is 2.03. The molecule has 23 heavy (non-hydrogen) atoms. The van der Waals surface area contributed by atoms with E-state index in [-0.39, 0.29) is 10.6 Å². The molecular weight excluding hydrogens is 317 g/mol. The second kappa shape index (κ2) is 7.57. The lowest BCUT2D eigenvalue weighted by Gasteiger charge is -2.21. The van der Waals surface area contributed by atoms with Crippen molar-refractivity contribution in [2.24, 2.45) is 0 Å². The Morgan fingerprint density at radius 2 is 1.96 bits per heavy atom. The Labute approximate surface area is 140 Å². The minimum Gasteiger partial charge on any atom is -0.391 e. The van der Waals surface area contributed by atoms with Crippen LogP contribution in [-0.4, -0.2) is 23.2 Å². The number of halogens is 2. The zero-order valence-corrected chi connectivity index (χ0v) is 13.8. The van der Waals surface area contributed by atoms with Gasteiger partial charge in [-0.2, -0.15) is 0 Å². The smallest absolute Gasteiger partial charge is 0.253 e. The van der Waals surface area contributed by atoms with Crippen LogP contribution in [0.5, 0.6) is 0 Å². The van der Waals surface area contributed by atoms with Crippen molar-refractivity contribution in [3.63, 3.8) is 0 Å². The van der Waals surface area contributed by atoms with E-state index < -0.39 is 23.9 Å². The third-order valence-electron chi connectivity index (χ3n) is 3.72. The number of benzene rings is 2. The molecule has 0 aliphatic heterocycles. The maximum atomic E-state index is 13.4. The number of carbonyl (C=O) groups is 1. The molecule has 0 bridgehead atoms. The SMILES string of the molecule is Cc1cc(C(=O)NC(C)C(O)Cc2ccccc2)c(Cl)cc1F. The molecule has 3 nitrogen and oxygen atoms in total. The molecule has 2 rings (SSSR count). The summed E-state index contributed by atoms with van der Waals surface area (Å²) in [5.74, 6) is -0.888. The highest BCUT2D eigenvalue weighted by molar-refractivity contribution is 6.33. The topological polar surface area (TPSA) is 49.3 Å². The van der Waals surface area contributed by atoms with Crippen LogP contribution >= 0.6 is 11.6 Å². The molecule has 2 N–H and O–H groups in total. The van der Waals surface area contributed by atoms with Crippen LogP contribution in [0.15, 0.2) is 42.5 Å². The summed E-state index contributed by atoms with van der Waals surface area (Å²) in [7, 11) is 0. The van der Waals surface area contributed by atoms with Crippen molar-refractivity contribution in [3.8, 4) is 0 Å². The summed E-state index contributed by atoms with van der Waals surface area (Å²) in [5, 5.41) is 13.0. The molecule has 0 radical (unpaired) electrons. The standard InChI is InChI=1S/C18H19ClFNO2/c1-11-8-14(15(19)10-16(11)20)18(23)21-12(2)17(22)9-13-6-4-3-5-7-13/h3-8,10,12,17,22H,9H2,1-2H3,(H,21,23). The van der Waals surface area contributed by atoms with Gasteiger partial charge in [-0.25, -0.2) is 4.39 Å². The van der Waals surface area contributed by atoms with Crippen LogP contribution in [0.25, 0.3) is 0 Å². The summed E-state index contributed by atoms with van der Waals surface area (Å²) < 4.78 is 13.4. The van der Waals surface area contributed by atoms with Crippen LogP contribution < -0.4 is 5.32 Å². The zero-order chi connectivity index (χ0) is 17.0. The average molecular weight is 336 g/mol. The van der Waals surface area contributed by atoms with E-state index in [4.69, 9.17) is 11.6 Å². The van der Waals surface area contributed by atoms with Crippen LogP contribution in [0.4, 0.5) is 4.39 Å². The third-order valence-corrected chi connectivity index (χ3v) is 4.03. The third kappa shape index (κ3) is 4.53. The van der Waals surface area contributed by atoms with Gasteiger partial charge >= 0.3 is 0 Å². The minimum atomic E-state index is -0.735. The molecule has 0 saturated heterocycles. The maximum Gasteiger partial charge on any atom is 0.253 e. The lowest BCUT2D eigenvalue weighted by molar-refractivity contribution is 0.0852. The molecule has 0 spiro atoms. The van der Waals surface area contributed by atoms with E-state index in [1.165, 1.54) is 6.07 Å². The van der Waals surface area contributed by atoms with E-state index in [0.717, 1.165) is 11.6 Å². The van der Waals surface area contributed by atoms with Gasteiger partial charge in [0, 0.05) is 6.42 Å². The Kier molecular flexibility index (Phi) is 5.74. The Morgan fingerprint density at radius 1 is 1.30 bits per heavy atom. The number of rotatable bonds is 5. The normalized spacial score (nSPS) is 13.4. The van der Waals surface area contributed by atoms with Gasteiger partial charge in [-0.3, -0.25) is 4.79 Å². The van der Waals surface area contributed by atoms with Crippen LogP contribution in [0.3, 0.4) is 0 Å². The molecule has 5 heteroatoms. The lowest BCUT2D eigenvalue weighted by Crippen LogP contribution is -2.42. The first-order valence-corrected chi connectivity index (χ1v) is 7.74. The number of hydrogen-bond donors (Lipinski definition) is 2. The molecule has 122 valence electrons. The second-order valence-corrected chi connectivity index (χ2v) is 6.01. The Morgan fingerprint density at radius 3 is 2.61 bits per heavy atom. The summed E-state index contributed by atoms with van der Waals surface area (Å²) in [6, 6.07) is 11.6. The molecule has 0 saturated carbocycles. The van der Waals surface area contributed by atoms with Gasteiger partial charge in [-0.1, -0.05) is 41.9 Å². The molecule has 2 atom stereocenters. The van der Waals surface area contributed by atoms with E-state index in [1.807, 2.05) is 30.3 Å². The van der Waals surface area contributed by atoms with E-state index in [1.54, 1.807) is 13.8 Å². The molecule has 0 fully saturated rings. The maximum absolute atomic E-state index is 13.4. The minimum absolute atomic E-state index is 0.0512. The molecule has 0 aliphatic carbocycles. The predicted octanol–water partition coefficient (Wildman–Crippen LogP) is 3.51. The number of amides is 1. The number of aryl methyl sites for hydroxylation is 1. The van der Waals surface area contributed by atoms with Crippen LogP contribution in [0, 0.1) is 12.7 Å². The summed E-state index contributed by atoms with van der Waals surface area (Å²) in [6.45, 7) is 3.28. The van der Waals surface area contributed by atoms with Gasteiger partial charge < -0.3 is 10.4 Å². The summed E-state index contributed by atoms with van der Waals surface area (Å²) in [4.78, 5) is 12.3. The summed E-state index contributed by atoms with van der Waals surface area (Å²) >= 11 is 5.93. The number of aliphatic hydroxyl groups excluding tert-OH is 1. The predicted molar refractivity (Wildman–Crippen MR) is 89.2 cm³/mol. The van der Waals surface area contributed by atoms with Gasteiger partial charge in [0.2, 0.25) is 0 Å². The number of carbonyl (C=O) groups excluding carboxylic acids is 1. The largest absolute Gasteiger partial charge is 0.391 e. The first-order chi connectivity index (χ1) is 10.9. The number of hydrogen-bond acceptors (Lipinski definition) is 2. The van der Waals surface area contributed by atoms with Gasteiger partial charge in [0.15, 0.2) is 0 Å². The second-order valence-electron chi connectivity index (χ2n) is 5.60. The fourth-order valence-corrected chi connectivity index (χ4v) is 2.48. The summed E-state index contributed by atoms with van der Waals surface area (Å²) in [6.07, 6.45) is -0.306. The first-order valence-electron chi connectivity index (χ1n) is 7.37. The summed E-state index contributed by atoms with van der Waals surface area (Å²) in [5.41, 5.74) is 1.53. The van der Waals surface area contributed by atoms with E-state index in [0.29, 0.717) is 12.0 Å². The van der Waals surface area contributed by atoms with Crippen LogP contribution in [0.1, 0.15) is 28.4 Å². The fourth-order valence-electron chi connectivity index (χ4n) is 2.24. The monoisotopic (exact) mass is 335 g/mol. The highest BCUT2D eigenvalue weighted by atomic mass is 35.5. The highest BCUT2D eigenvalue weighted by Gasteiger charge is 2.20. The molecule has 0 aromatic heterocycles. The van der Waals surface area contributed by atoms with Gasteiger partial charge in [0.05, 0.1) is 22.7 Å². The molecule has 0 aliphatic rings. The van der Waals surface area contributed by atoms with Gasteiger partial charge in [-0.15, -0.1) is 0 Å². The van der Waals surface area contributed by atoms with Crippen molar-refractivity contribution < 1.29 is 14.3 Å². The van der Waals surface area contributed by atoms with Crippen LogP contribution in [-0.2, 0) is 6.42 Å². The lowest BCUT2D eigenvalue weighted by atomic mass is 10.0. The van der Waals surface area contributed by atoms with Crippen molar-refractivity contribution >= 4 is 17.5 Å². The van der Waals surface area contributed by atoms with Crippen molar-refractivity contribution in [1.82, 2.24) is 5.32 Å². The highest BCUT2D eigenvalue weighted by Crippen LogP contribution is 2.20. The van der Waals surface area contributed by atoms with Crippen LogP contribution in [0.2, 0.25) is 5.02 Å². The van der Waals surface area contributed by atoms with E-state index in [2.05, 4.69) is 5.32 Å². The van der Waals surface area contributed by atoms with Crippen molar-refractivity contribution in [3.05, 3.63) is 70.0 Å². The van der Waals surface area contributed by atoms with Crippen molar-refractivity contribution in [2.75, 3.05) is 0 Å². The average Bonchev–Trinajstić information content (AvgIpc) is 2.51. The Bertz CT molecular complexity index is 691. The molecule has 2 aromatic carbocycles. The quantitative estimate of drug-likeness (QED) is 0.878.